The molecule has 1 N–H and O–H groups in total. The van der Waals surface area contributed by atoms with Gasteiger partial charge in [0.2, 0.25) is 11.8 Å². The second-order valence-electron chi connectivity index (χ2n) is 5.90. The Hall–Kier alpha value is -1.55. The highest BCUT2D eigenvalue weighted by Gasteiger charge is 2.26. The van der Waals surface area contributed by atoms with Crippen LogP contribution in [0.3, 0.4) is 0 Å². The summed E-state index contributed by atoms with van der Waals surface area (Å²) in [6.45, 7) is 8.09. The van der Waals surface area contributed by atoms with Crippen LogP contribution in [0.25, 0.3) is 0 Å². The van der Waals surface area contributed by atoms with Crippen LogP contribution in [-0.2, 0) is 16.1 Å². The summed E-state index contributed by atoms with van der Waals surface area (Å²) in [6, 6.07) is 6.97. The zero-order chi connectivity index (χ0) is 17.4. The predicted octanol–water partition coefficient (Wildman–Crippen LogP) is 3.77. The maximum atomic E-state index is 12.4. The molecule has 2 amide bonds. The molecule has 4 nitrogen and oxygen atoms in total. The molecule has 1 rings (SSSR count). The minimum Gasteiger partial charge on any atom is -0.352 e. The molecule has 0 unspecified atom stereocenters. The van der Waals surface area contributed by atoms with E-state index >= 15 is 0 Å². The summed E-state index contributed by atoms with van der Waals surface area (Å²) in [4.78, 5) is 26.5. The zero-order valence-electron chi connectivity index (χ0n) is 14.4. The molecule has 0 bridgehead atoms. The lowest BCUT2D eigenvalue weighted by Crippen LogP contribution is -2.49. The number of halogens is 1. The van der Waals surface area contributed by atoms with E-state index in [9.17, 15) is 9.59 Å². The van der Waals surface area contributed by atoms with Crippen LogP contribution in [0, 0.1) is 0 Å². The van der Waals surface area contributed by atoms with Gasteiger partial charge in [0.05, 0.1) is 0 Å². The molecule has 0 aliphatic carbocycles. The molecular weight excluding hydrogens is 312 g/mol. The van der Waals surface area contributed by atoms with Crippen molar-refractivity contribution < 1.29 is 9.59 Å². The first kappa shape index (κ1) is 19.5. The van der Waals surface area contributed by atoms with Gasteiger partial charge < -0.3 is 10.2 Å². The number of carbonyl (C=O) groups excluding carboxylic acids is 2. The average Bonchev–Trinajstić information content (AvgIpc) is 2.52. The van der Waals surface area contributed by atoms with Gasteiger partial charge in [0, 0.05) is 24.0 Å². The lowest BCUT2D eigenvalue weighted by molar-refractivity contribution is -0.140. The average molecular weight is 339 g/mol. The number of rotatable bonds is 8. The maximum Gasteiger partial charge on any atom is 0.242 e. The molecular formula is C18H27ClN2O2. The fourth-order valence-electron chi connectivity index (χ4n) is 2.24. The smallest absolute Gasteiger partial charge is 0.242 e. The van der Waals surface area contributed by atoms with Gasteiger partial charge in [0.25, 0.3) is 0 Å². The van der Waals surface area contributed by atoms with Crippen molar-refractivity contribution in [2.24, 2.45) is 0 Å². The summed E-state index contributed by atoms with van der Waals surface area (Å²) in [6.07, 6.45) is 2.04. The standard InChI is InChI=1S/C18H27ClN2O2/c1-5-8-17(22)21(12-15-9-7-10-16(19)11-15)14(4)18(23)20-13(3)6-2/h7,9-11,13-14H,5-6,8,12H2,1-4H3,(H,20,23)/t13-,14-/m0/s1. The van der Waals surface area contributed by atoms with Crippen LogP contribution in [0.4, 0.5) is 0 Å². The lowest BCUT2D eigenvalue weighted by atomic mass is 10.1. The van der Waals surface area contributed by atoms with Crippen molar-refractivity contribution in [1.29, 1.82) is 0 Å². The van der Waals surface area contributed by atoms with Crippen LogP contribution in [0.15, 0.2) is 24.3 Å². The first-order valence-corrected chi connectivity index (χ1v) is 8.61. The molecule has 0 saturated heterocycles. The molecule has 1 aromatic rings. The Morgan fingerprint density at radius 3 is 2.52 bits per heavy atom. The van der Waals surface area contributed by atoms with Crippen molar-refractivity contribution in [3.63, 3.8) is 0 Å². The summed E-state index contributed by atoms with van der Waals surface area (Å²) < 4.78 is 0. The Morgan fingerprint density at radius 2 is 1.96 bits per heavy atom. The number of nitrogens with zero attached hydrogens (tertiary/aromatic N) is 1. The molecule has 5 heteroatoms. The van der Waals surface area contributed by atoms with Crippen molar-refractivity contribution >= 4 is 23.4 Å². The van der Waals surface area contributed by atoms with Crippen molar-refractivity contribution in [3.05, 3.63) is 34.9 Å². The van der Waals surface area contributed by atoms with Gasteiger partial charge in [0.1, 0.15) is 6.04 Å². The van der Waals surface area contributed by atoms with Crippen LogP contribution in [0.2, 0.25) is 5.02 Å². The molecule has 0 aliphatic heterocycles. The topological polar surface area (TPSA) is 49.4 Å². The first-order valence-electron chi connectivity index (χ1n) is 8.23. The molecule has 0 radical (unpaired) electrons. The molecule has 0 aromatic heterocycles. The highest BCUT2D eigenvalue weighted by atomic mass is 35.5. The summed E-state index contributed by atoms with van der Waals surface area (Å²) >= 11 is 6.02. The Kier molecular flexibility index (Phi) is 8.10. The number of benzene rings is 1. The van der Waals surface area contributed by atoms with E-state index in [4.69, 9.17) is 11.6 Å². The van der Waals surface area contributed by atoms with Crippen LogP contribution >= 0.6 is 11.6 Å². The fourth-order valence-corrected chi connectivity index (χ4v) is 2.45. The summed E-state index contributed by atoms with van der Waals surface area (Å²) in [5.74, 6) is -0.134. The molecule has 0 fully saturated rings. The molecule has 0 saturated carbocycles. The minimum absolute atomic E-state index is 0.0146. The lowest BCUT2D eigenvalue weighted by Gasteiger charge is -2.29. The quantitative estimate of drug-likeness (QED) is 0.784. The van der Waals surface area contributed by atoms with Gasteiger partial charge in [-0.3, -0.25) is 9.59 Å². The van der Waals surface area contributed by atoms with E-state index in [2.05, 4.69) is 5.32 Å². The van der Waals surface area contributed by atoms with Crippen molar-refractivity contribution in [3.8, 4) is 0 Å². The monoisotopic (exact) mass is 338 g/mol. The van der Waals surface area contributed by atoms with Crippen molar-refractivity contribution in [2.45, 2.75) is 65.6 Å². The molecule has 2 atom stereocenters. The molecule has 23 heavy (non-hydrogen) atoms. The second kappa shape index (κ2) is 9.56. The summed E-state index contributed by atoms with van der Waals surface area (Å²) in [7, 11) is 0. The minimum atomic E-state index is -0.512. The van der Waals surface area contributed by atoms with Crippen LogP contribution < -0.4 is 5.32 Å². The molecule has 0 spiro atoms. The molecule has 128 valence electrons. The Bertz CT molecular complexity index is 534. The van der Waals surface area contributed by atoms with E-state index in [-0.39, 0.29) is 17.9 Å². The third-order valence-corrected chi connectivity index (χ3v) is 4.11. The number of amides is 2. The van der Waals surface area contributed by atoms with E-state index in [1.165, 1.54) is 0 Å². The Labute approximate surface area is 144 Å². The van der Waals surface area contributed by atoms with E-state index < -0.39 is 6.04 Å². The van der Waals surface area contributed by atoms with Gasteiger partial charge in [-0.1, -0.05) is 37.6 Å². The third-order valence-electron chi connectivity index (χ3n) is 3.87. The van der Waals surface area contributed by atoms with Crippen molar-refractivity contribution in [2.75, 3.05) is 0 Å². The number of carbonyl (C=O) groups is 2. The predicted molar refractivity (Wildman–Crippen MR) is 94.3 cm³/mol. The van der Waals surface area contributed by atoms with Gasteiger partial charge >= 0.3 is 0 Å². The Balaban J connectivity index is 2.91. The van der Waals surface area contributed by atoms with Gasteiger partial charge in [-0.2, -0.15) is 0 Å². The van der Waals surface area contributed by atoms with Gasteiger partial charge in [-0.05, 0) is 44.4 Å². The highest BCUT2D eigenvalue weighted by Crippen LogP contribution is 2.16. The SMILES string of the molecule is CCCC(=O)N(Cc1cccc(Cl)c1)[C@@H](C)C(=O)N[C@@H](C)CC. The number of hydrogen-bond acceptors (Lipinski definition) is 2. The fraction of sp³-hybridized carbons (Fsp3) is 0.556. The van der Waals surface area contributed by atoms with Gasteiger partial charge in [0.15, 0.2) is 0 Å². The van der Waals surface area contributed by atoms with E-state index in [1.54, 1.807) is 17.9 Å². The Morgan fingerprint density at radius 1 is 1.26 bits per heavy atom. The normalized spacial score (nSPS) is 13.3. The van der Waals surface area contributed by atoms with Crippen molar-refractivity contribution in [1.82, 2.24) is 10.2 Å². The van der Waals surface area contributed by atoms with Gasteiger partial charge in [-0.25, -0.2) is 0 Å². The summed E-state index contributed by atoms with van der Waals surface area (Å²) in [5, 5.41) is 3.57. The summed E-state index contributed by atoms with van der Waals surface area (Å²) in [5.41, 5.74) is 0.921. The second-order valence-corrected chi connectivity index (χ2v) is 6.33. The third kappa shape index (κ3) is 6.22. The highest BCUT2D eigenvalue weighted by molar-refractivity contribution is 6.30. The largest absolute Gasteiger partial charge is 0.352 e. The van der Waals surface area contributed by atoms with E-state index in [0.717, 1.165) is 18.4 Å². The van der Waals surface area contributed by atoms with Crippen LogP contribution in [0.5, 0.6) is 0 Å². The number of nitrogens with one attached hydrogen (secondary N) is 1. The molecule has 1 aromatic carbocycles. The van der Waals surface area contributed by atoms with E-state index in [0.29, 0.717) is 18.0 Å². The number of hydrogen-bond donors (Lipinski definition) is 1. The first-order chi connectivity index (χ1) is 10.9. The maximum absolute atomic E-state index is 12.4. The molecule has 0 heterocycles. The van der Waals surface area contributed by atoms with Crippen LogP contribution in [0.1, 0.15) is 52.5 Å². The van der Waals surface area contributed by atoms with E-state index in [1.807, 2.05) is 39.0 Å². The molecule has 0 aliphatic rings. The van der Waals surface area contributed by atoms with Crippen LogP contribution in [-0.4, -0.2) is 28.8 Å². The van der Waals surface area contributed by atoms with Gasteiger partial charge in [-0.15, -0.1) is 0 Å². The zero-order valence-corrected chi connectivity index (χ0v) is 15.2.